The van der Waals surface area contributed by atoms with Gasteiger partial charge < -0.3 is 9.30 Å². The molecule has 0 N–H and O–H groups in total. The number of rotatable bonds is 7. The molecule has 7 heteroatoms. The van der Waals surface area contributed by atoms with Crippen LogP contribution in [0.5, 0.6) is 5.75 Å². The van der Waals surface area contributed by atoms with E-state index >= 15 is 0 Å². The topological polar surface area (TPSA) is 57.0 Å². The summed E-state index contributed by atoms with van der Waals surface area (Å²) in [5.41, 5.74) is 1.58. The number of Topliss-reactive ketones (excluding diaryl/α,β-unsaturated/α-hetero) is 1. The van der Waals surface area contributed by atoms with E-state index in [4.69, 9.17) is 16.3 Å². The Balaban J connectivity index is 1.66. The molecule has 134 valence electrons. The highest BCUT2D eigenvalue weighted by Crippen LogP contribution is 2.24. The molecule has 0 aliphatic carbocycles. The second-order valence-electron chi connectivity index (χ2n) is 5.54. The van der Waals surface area contributed by atoms with Gasteiger partial charge in [0.1, 0.15) is 5.75 Å². The summed E-state index contributed by atoms with van der Waals surface area (Å²) in [6, 6.07) is 14.6. The normalized spacial score (nSPS) is 10.7. The number of benzene rings is 2. The number of carbonyl (C=O) groups is 1. The van der Waals surface area contributed by atoms with Crippen molar-refractivity contribution in [3.8, 4) is 17.1 Å². The molecule has 1 aromatic heterocycles. The molecule has 0 aliphatic rings. The van der Waals surface area contributed by atoms with E-state index in [9.17, 15) is 4.79 Å². The summed E-state index contributed by atoms with van der Waals surface area (Å²) in [4.78, 5) is 12.4. The Kier molecular flexibility index (Phi) is 5.96. The van der Waals surface area contributed by atoms with Gasteiger partial charge in [-0.3, -0.25) is 4.79 Å². The number of halogens is 1. The average molecular weight is 388 g/mol. The SMILES string of the molecule is CCOc1ccc(C(=O)CSc2nnc(-c3ccc(Cl)cc3)n2C)cc1. The number of ketones is 1. The van der Waals surface area contributed by atoms with Crippen LogP contribution in [0.15, 0.2) is 53.7 Å². The minimum Gasteiger partial charge on any atom is -0.494 e. The van der Waals surface area contributed by atoms with Gasteiger partial charge in [0.15, 0.2) is 16.8 Å². The van der Waals surface area contributed by atoms with Gasteiger partial charge in [-0.15, -0.1) is 10.2 Å². The maximum absolute atomic E-state index is 12.4. The van der Waals surface area contributed by atoms with E-state index in [0.717, 1.165) is 17.1 Å². The highest BCUT2D eigenvalue weighted by atomic mass is 35.5. The fraction of sp³-hybridized carbons (Fsp3) is 0.211. The van der Waals surface area contributed by atoms with Gasteiger partial charge >= 0.3 is 0 Å². The molecule has 5 nitrogen and oxygen atoms in total. The van der Waals surface area contributed by atoms with E-state index in [1.54, 1.807) is 12.1 Å². The van der Waals surface area contributed by atoms with Gasteiger partial charge in [0.25, 0.3) is 0 Å². The summed E-state index contributed by atoms with van der Waals surface area (Å²) < 4.78 is 7.27. The predicted octanol–water partition coefficient (Wildman–Crippen LogP) is 4.51. The second-order valence-corrected chi connectivity index (χ2v) is 6.92. The number of carbonyl (C=O) groups excluding carboxylic acids is 1. The summed E-state index contributed by atoms with van der Waals surface area (Å²) in [6.07, 6.45) is 0. The molecule has 0 unspecified atom stereocenters. The Labute approximate surface area is 161 Å². The zero-order chi connectivity index (χ0) is 18.5. The van der Waals surface area contributed by atoms with Crippen molar-refractivity contribution in [2.75, 3.05) is 12.4 Å². The monoisotopic (exact) mass is 387 g/mol. The Bertz CT molecular complexity index is 892. The third-order valence-corrected chi connectivity index (χ3v) is 5.03. The molecule has 0 fully saturated rings. The standard InChI is InChI=1S/C19H18ClN3O2S/c1-3-25-16-10-6-13(7-11-16)17(24)12-26-19-22-21-18(23(19)2)14-4-8-15(20)9-5-14/h4-11H,3,12H2,1-2H3. The largest absolute Gasteiger partial charge is 0.494 e. The number of hydrogen-bond acceptors (Lipinski definition) is 5. The van der Waals surface area contributed by atoms with Gasteiger partial charge in [0.2, 0.25) is 0 Å². The summed E-state index contributed by atoms with van der Waals surface area (Å²) in [6.45, 7) is 2.53. The number of ether oxygens (including phenoxy) is 1. The molecule has 0 saturated carbocycles. The zero-order valence-electron chi connectivity index (χ0n) is 14.5. The van der Waals surface area contributed by atoms with Gasteiger partial charge in [0, 0.05) is 23.2 Å². The van der Waals surface area contributed by atoms with Crippen LogP contribution in [0.1, 0.15) is 17.3 Å². The maximum Gasteiger partial charge on any atom is 0.191 e. The first-order valence-corrected chi connectivity index (χ1v) is 9.49. The molecule has 0 atom stereocenters. The third-order valence-electron chi connectivity index (χ3n) is 3.76. The summed E-state index contributed by atoms with van der Waals surface area (Å²) in [5.74, 6) is 1.82. The lowest BCUT2D eigenvalue weighted by Crippen LogP contribution is -2.04. The zero-order valence-corrected chi connectivity index (χ0v) is 16.0. The van der Waals surface area contributed by atoms with Crippen LogP contribution >= 0.6 is 23.4 Å². The Morgan fingerprint density at radius 1 is 1.12 bits per heavy atom. The molecule has 3 rings (SSSR count). The number of nitrogens with zero attached hydrogens (tertiary/aromatic N) is 3. The molecule has 3 aromatic rings. The van der Waals surface area contributed by atoms with Crippen molar-refractivity contribution in [1.82, 2.24) is 14.8 Å². The Morgan fingerprint density at radius 3 is 2.46 bits per heavy atom. The van der Waals surface area contributed by atoms with Gasteiger partial charge in [-0.25, -0.2) is 0 Å². The van der Waals surface area contributed by atoms with E-state index in [2.05, 4.69) is 10.2 Å². The lowest BCUT2D eigenvalue weighted by atomic mass is 10.1. The minimum absolute atomic E-state index is 0.0362. The van der Waals surface area contributed by atoms with Crippen molar-refractivity contribution >= 4 is 29.1 Å². The molecule has 0 saturated heterocycles. The molecule has 2 aromatic carbocycles. The van der Waals surface area contributed by atoms with Crippen LogP contribution in [0.2, 0.25) is 5.02 Å². The third kappa shape index (κ3) is 4.26. The van der Waals surface area contributed by atoms with E-state index in [0.29, 0.717) is 28.1 Å². The first-order valence-electron chi connectivity index (χ1n) is 8.12. The first kappa shape index (κ1) is 18.5. The summed E-state index contributed by atoms with van der Waals surface area (Å²) >= 11 is 7.29. The van der Waals surface area contributed by atoms with Crippen molar-refractivity contribution in [2.45, 2.75) is 12.1 Å². The first-order chi connectivity index (χ1) is 12.6. The van der Waals surface area contributed by atoms with Crippen molar-refractivity contribution in [3.63, 3.8) is 0 Å². The highest BCUT2D eigenvalue weighted by Gasteiger charge is 2.14. The fourth-order valence-corrected chi connectivity index (χ4v) is 3.34. The molecule has 0 radical (unpaired) electrons. The number of thioether (sulfide) groups is 1. The Hall–Kier alpha value is -2.31. The second kappa shape index (κ2) is 8.38. The van der Waals surface area contributed by atoms with Gasteiger partial charge in [-0.2, -0.15) is 0 Å². The minimum atomic E-state index is 0.0362. The van der Waals surface area contributed by atoms with Gasteiger partial charge in [-0.1, -0.05) is 23.4 Å². The maximum atomic E-state index is 12.4. The highest BCUT2D eigenvalue weighted by molar-refractivity contribution is 7.99. The number of aromatic nitrogens is 3. The van der Waals surface area contributed by atoms with E-state index in [-0.39, 0.29) is 5.78 Å². The average Bonchev–Trinajstić information content (AvgIpc) is 3.02. The Morgan fingerprint density at radius 2 is 1.81 bits per heavy atom. The summed E-state index contributed by atoms with van der Waals surface area (Å²) in [5, 5.41) is 9.77. The smallest absolute Gasteiger partial charge is 0.191 e. The molecular formula is C19H18ClN3O2S. The lowest BCUT2D eigenvalue weighted by molar-refractivity contribution is 0.102. The van der Waals surface area contributed by atoms with Crippen LogP contribution in [0, 0.1) is 0 Å². The van der Waals surface area contributed by atoms with E-state index in [1.165, 1.54) is 11.8 Å². The van der Waals surface area contributed by atoms with Gasteiger partial charge in [0.05, 0.1) is 12.4 Å². The predicted molar refractivity (Wildman–Crippen MR) is 104 cm³/mol. The van der Waals surface area contributed by atoms with Crippen molar-refractivity contribution in [2.24, 2.45) is 7.05 Å². The van der Waals surface area contributed by atoms with Crippen LogP contribution in [0.25, 0.3) is 11.4 Å². The van der Waals surface area contributed by atoms with E-state index < -0.39 is 0 Å². The molecular weight excluding hydrogens is 370 g/mol. The lowest BCUT2D eigenvalue weighted by Gasteiger charge is -2.05. The number of hydrogen-bond donors (Lipinski definition) is 0. The van der Waals surface area contributed by atoms with Crippen LogP contribution in [-0.4, -0.2) is 32.9 Å². The molecule has 1 heterocycles. The molecule has 26 heavy (non-hydrogen) atoms. The van der Waals surface area contributed by atoms with Crippen LogP contribution in [-0.2, 0) is 7.05 Å². The summed E-state index contributed by atoms with van der Waals surface area (Å²) in [7, 11) is 1.88. The molecule has 0 bridgehead atoms. The van der Waals surface area contributed by atoms with Crippen LogP contribution in [0.4, 0.5) is 0 Å². The van der Waals surface area contributed by atoms with Crippen LogP contribution < -0.4 is 4.74 Å². The fourth-order valence-electron chi connectivity index (χ4n) is 2.41. The van der Waals surface area contributed by atoms with Crippen molar-refractivity contribution in [1.29, 1.82) is 0 Å². The quantitative estimate of drug-likeness (QED) is 0.441. The molecule has 0 spiro atoms. The molecule has 0 amide bonds. The van der Waals surface area contributed by atoms with E-state index in [1.807, 2.05) is 54.9 Å². The van der Waals surface area contributed by atoms with Crippen molar-refractivity contribution < 1.29 is 9.53 Å². The van der Waals surface area contributed by atoms with Crippen molar-refractivity contribution in [3.05, 3.63) is 59.1 Å². The van der Waals surface area contributed by atoms with Gasteiger partial charge in [-0.05, 0) is 55.5 Å². The van der Waals surface area contributed by atoms with Crippen LogP contribution in [0.3, 0.4) is 0 Å². The molecule has 0 aliphatic heterocycles.